The summed E-state index contributed by atoms with van der Waals surface area (Å²) in [6, 6.07) is 0. The van der Waals surface area contributed by atoms with Crippen molar-refractivity contribution in [3.8, 4) is 0 Å². The van der Waals surface area contributed by atoms with Gasteiger partial charge in [0, 0.05) is 32.6 Å². The molecule has 2 heterocycles. The summed E-state index contributed by atoms with van der Waals surface area (Å²) >= 11 is 0. The van der Waals surface area contributed by atoms with E-state index in [1.165, 1.54) is 0 Å². The van der Waals surface area contributed by atoms with Crippen LogP contribution in [0.15, 0.2) is 6.33 Å². The molecule has 0 saturated carbocycles. The first-order chi connectivity index (χ1) is 9.10. The SMILES string of the molecule is CNc1nc(C)nc(NCCc2ncn(C)n2)c1C. The van der Waals surface area contributed by atoms with E-state index in [0.29, 0.717) is 0 Å². The summed E-state index contributed by atoms with van der Waals surface area (Å²) in [5.74, 6) is 3.28. The highest BCUT2D eigenvalue weighted by molar-refractivity contribution is 5.56. The Hall–Kier alpha value is -2.18. The van der Waals surface area contributed by atoms with Gasteiger partial charge in [0.25, 0.3) is 0 Å². The number of hydrogen-bond donors (Lipinski definition) is 2. The summed E-state index contributed by atoms with van der Waals surface area (Å²) < 4.78 is 1.70. The molecule has 7 nitrogen and oxygen atoms in total. The molecule has 0 radical (unpaired) electrons. The average Bonchev–Trinajstić information content (AvgIpc) is 2.79. The van der Waals surface area contributed by atoms with Gasteiger partial charge in [-0.3, -0.25) is 4.68 Å². The van der Waals surface area contributed by atoms with Crippen molar-refractivity contribution in [2.75, 3.05) is 24.2 Å². The molecule has 0 aliphatic carbocycles. The number of nitrogens with zero attached hydrogens (tertiary/aromatic N) is 5. The largest absolute Gasteiger partial charge is 0.373 e. The van der Waals surface area contributed by atoms with Crippen molar-refractivity contribution in [2.24, 2.45) is 7.05 Å². The highest BCUT2D eigenvalue weighted by Crippen LogP contribution is 2.18. The summed E-state index contributed by atoms with van der Waals surface area (Å²) in [6.07, 6.45) is 2.47. The quantitative estimate of drug-likeness (QED) is 0.833. The van der Waals surface area contributed by atoms with Gasteiger partial charge in [0.2, 0.25) is 0 Å². The first-order valence-corrected chi connectivity index (χ1v) is 6.21. The van der Waals surface area contributed by atoms with E-state index in [1.54, 1.807) is 11.0 Å². The van der Waals surface area contributed by atoms with Crippen LogP contribution < -0.4 is 10.6 Å². The summed E-state index contributed by atoms with van der Waals surface area (Å²) in [7, 11) is 3.72. The monoisotopic (exact) mass is 261 g/mol. The first kappa shape index (κ1) is 13.3. The molecule has 0 saturated heterocycles. The lowest BCUT2D eigenvalue weighted by atomic mass is 10.3. The molecular weight excluding hydrogens is 242 g/mol. The Bertz CT molecular complexity index is 561. The minimum absolute atomic E-state index is 0.741. The Morgan fingerprint density at radius 2 is 1.95 bits per heavy atom. The van der Waals surface area contributed by atoms with E-state index in [4.69, 9.17) is 0 Å². The van der Waals surface area contributed by atoms with Crippen molar-refractivity contribution >= 4 is 11.6 Å². The van der Waals surface area contributed by atoms with E-state index in [1.807, 2.05) is 27.9 Å². The van der Waals surface area contributed by atoms with Crippen molar-refractivity contribution < 1.29 is 0 Å². The van der Waals surface area contributed by atoms with Crippen LogP contribution in [0.2, 0.25) is 0 Å². The van der Waals surface area contributed by atoms with E-state index >= 15 is 0 Å². The van der Waals surface area contributed by atoms with E-state index in [0.717, 1.165) is 41.8 Å². The smallest absolute Gasteiger partial charge is 0.152 e. The van der Waals surface area contributed by atoms with Gasteiger partial charge >= 0.3 is 0 Å². The molecule has 0 spiro atoms. The fourth-order valence-corrected chi connectivity index (χ4v) is 1.84. The van der Waals surface area contributed by atoms with Crippen LogP contribution in [-0.4, -0.2) is 38.3 Å². The maximum atomic E-state index is 4.41. The molecular formula is C12H19N7. The normalized spacial score (nSPS) is 10.5. The van der Waals surface area contributed by atoms with Gasteiger partial charge in [0.05, 0.1) is 0 Å². The molecule has 2 rings (SSSR count). The molecule has 2 aromatic rings. The van der Waals surface area contributed by atoms with Crippen LogP contribution in [0.5, 0.6) is 0 Å². The zero-order valence-corrected chi connectivity index (χ0v) is 11.7. The number of nitrogens with one attached hydrogen (secondary N) is 2. The fraction of sp³-hybridized carbons (Fsp3) is 0.500. The molecule has 0 aliphatic heterocycles. The van der Waals surface area contributed by atoms with E-state index in [9.17, 15) is 0 Å². The van der Waals surface area contributed by atoms with Gasteiger partial charge in [0.15, 0.2) is 5.82 Å². The van der Waals surface area contributed by atoms with Crippen LogP contribution in [0.4, 0.5) is 11.6 Å². The van der Waals surface area contributed by atoms with Gasteiger partial charge in [-0.2, -0.15) is 5.10 Å². The highest BCUT2D eigenvalue weighted by Gasteiger charge is 2.07. The van der Waals surface area contributed by atoms with Crippen LogP contribution >= 0.6 is 0 Å². The van der Waals surface area contributed by atoms with Crippen LogP contribution in [0.1, 0.15) is 17.2 Å². The van der Waals surface area contributed by atoms with Crippen molar-refractivity contribution in [1.82, 2.24) is 24.7 Å². The zero-order chi connectivity index (χ0) is 13.8. The fourth-order valence-electron chi connectivity index (χ4n) is 1.84. The van der Waals surface area contributed by atoms with Gasteiger partial charge in [-0.1, -0.05) is 0 Å². The van der Waals surface area contributed by atoms with Crippen LogP contribution in [0.3, 0.4) is 0 Å². The second-order valence-electron chi connectivity index (χ2n) is 4.35. The predicted octanol–water partition coefficient (Wildman–Crippen LogP) is 0.918. The molecule has 19 heavy (non-hydrogen) atoms. The molecule has 0 unspecified atom stereocenters. The summed E-state index contributed by atoms with van der Waals surface area (Å²) in [6.45, 7) is 4.61. The van der Waals surface area contributed by atoms with Gasteiger partial charge in [-0.25, -0.2) is 15.0 Å². The Morgan fingerprint density at radius 1 is 1.21 bits per heavy atom. The van der Waals surface area contributed by atoms with Crippen LogP contribution in [0, 0.1) is 13.8 Å². The third-order valence-electron chi connectivity index (χ3n) is 2.78. The maximum absolute atomic E-state index is 4.41. The molecule has 0 bridgehead atoms. The van der Waals surface area contributed by atoms with Crippen LogP contribution in [-0.2, 0) is 13.5 Å². The highest BCUT2D eigenvalue weighted by atomic mass is 15.3. The predicted molar refractivity (Wildman–Crippen MR) is 74.2 cm³/mol. The third-order valence-corrected chi connectivity index (χ3v) is 2.78. The second kappa shape index (κ2) is 5.64. The third kappa shape index (κ3) is 3.18. The molecule has 0 aliphatic rings. The van der Waals surface area contributed by atoms with Gasteiger partial charge in [-0.05, 0) is 13.8 Å². The molecule has 0 fully saturated rings. The van der Waals surface area contributed by atoms with Gasteiger partial charge in [-0.15, -0.1) is 0 Å². The number of rotatable bonds is 5. The molecule has 2 aromatic heterocycles. The Morgan fingerprint density at radius 3 is 2.58 bits per heavy atom. The summed E-state index contributed by atoms with van der Waals surface area (Å²) in [5.41, 5.74) is 1.02. The second-order valence-corrected chi connectivity index (χ2v) is 4.35. The molecule has 2 N–H and O–H groups in total. The average molecular weight is 261 g/mol. The van der Waals surface area contributed by atoms with Gasteiger partial charge < -0.3 is 10.6 Å². The van der Waals surface area contributed by atoms with Crippen molar-refractivity contribution in [3.63, 3.8) is 0 Å². The Labute approximate surface area is 112 Å². The van der Waals surface area contributed by atoms with E-state index in [2.05, 4.69) is 30.7 Å². The molecule has 0 amide bonds. The lowest BCUT2D eigenvalue weighted by Crippen LogP contribution is -2.11. The van der Waals surface area contributed by atoms with Crippen molar-refractivity contribution in [1.29, 1.82) is 0 Å². The Balaban J connectivity index is 2.01. The van der Waals surface area contributed by atoms with Crippen molar-refractivity contribution in [3.05, 3.63) is 23.5 Å². The van der Waals surface area contributed by atoms with Gasteiger partial charge in [0.1, 0.15) is 23.8 Å². The maximum Gasteiger partial charge on any atom is 0.152 e. The van der Waals surface area contributed by atoms with Crippen molar-refractivity contribution in [2.45, 2.75) is 20.3 Å². The standard InChI is InChI=1S/C12H19N7/c1-8-11(13-3)16-9(2)17-12(8)14-6-5-10-15-7-19(4)18-10/h7H,5-6H2,1-4H3,(H2,13,14,16,17). The topological polar surface area (TPSA) is 80.5 Å². The van der Waals surface area contributed by atoms with Crippen LogP contribution in [0.25, 0.3) is 0 Å². The lowest BCUT2D eigenvalue weighted by Gasteiger charge is -2.11. The Kier molecular flexibility index (Phi) is 3.94. The minimum Gasteiger partial charge on any atom is -0.373 e. The zero-order valence-electron chi connectivity index (χ0n) is 11.7. The van der Waals surface area contributed by atoms with E-state index < -0.39 is 0 Å². The number of anilines is 2. The minimum atomic E-state index is 0.741. The number of aryl methyl sites for hydroxylation is 2. The molecule has 0 aromatic carbocycles. The lowest BCUT2D eigenvalue weighted by molar-refractivity contribution is 0.741. The van der Waals surface area contributed by atoms with E-state index in [-0.39, 0.29) is 0 Å². The summed E-state index contributed by atoms with van der Waals surface area (Å²) in [4.78, 5) is 12.9. The number of aromatic nitrogens is 5. The number of hydrogen-bond acceptors (Lipinski definition) is 6. The first-order valence-electron chi connectivity index (χ1n) is 6.21. The molecule has 0 atom stereocenters. The summed E-state index contributed by atoms with van der Waals surface area (Å²) in [5, 5.41) is 10.6. The molecule has 102 valence electrons. The molecule has 7 heteroatoms.